The minimum absolute atomic E-state index is 0.0143. The lowest BCUT2D eigenvalue weighted by molar-refractivity contribution is -0.144. The molecule has 3 aromatic heterocycles. The number of hydrogen-bond acceptors (Lipinski definition) is 14. The predicted molar refractivity (Wildman–Crippen MR) is 307 cm³/mol. The summed E-state index contributed by atoms with van der Waals surface area (Å²) >= 11 is 8.70. The molecule has 4 fully saturated rings. The van der Waals surface area contributed by atoms with E-state index < -0.39 is 40.9 Å². The number of benzene rings is 3. The highest BCUT2D eigenvalue weighted by Gasteiger charge is 2.45. The minimum atomic E-state index is -0.936. The molecule has 10 rings (SSSR count). The summed E-state index contributed by atoms with van der Waals surface area (Å²) in [7, 11) is 1.87. The number of fused-ring (bicyclic) bond motifs is 4. The number of aromatic nitrogens is 4. The maximum absolute atomic E-state index is 17.6. The number of halogens is 2. The number of aliphatic hydroxyl groups excluding tert-OH is 1. The van der Waals surface area contributed by atoms with Crippen LogP contribution in [0.3, 0.4) is 0 Å². The monoisotopic (exact) mass is 1110 g/mol. The van der Waals surface area contributed by atoms with Crippen molar-refractivity contribution < 1.29 is 28.6 Å². The van der Waals surface area contributed by atoms with Gasteiger partial charge in [0.25, 0.3) is 0 Å². The predicted octanol–water partition coefficient (Wildman–Crippen LogP) is 8.49. The van der Waals surface area contributed by atoms with Crippen LogP contribution in [0, 0.1) is 36.4 Å². The number of amides is 3. The molecule has 6 aromatic rings. The number of nitrogens with two attached hydrogens (primary N) is 1. The molecule has 3 aromatic carbocycles. The Morgan fingerprint density at radius 1 is 1.06 bits per heavy atom. The van der Waals surface area contributed by atoms with Gasteiger partial charge in [0.1, 0.15) is 36.1 Å². The molecule has 0 aliphatic carbocycles. The summed E-state index contributed by atoms with van der Waals surface area (Å²) in [5.41, 5.74) is 12.6. The Morgan fingerprint density at radius 3 is 2.48 bits per heavy atom. The maximum atomic E-state index is 17.6. The van der Waals surface area contributed by atoms with Crippen molar-refractivity contribution in [3.8, 4) is 33.6 Å². The molecular weight excluding hydrogens is 1040 g/mol. The van der Waals surface area contributed by atoms with Crippen LogP contribution in [0.4, 0.5) is 15.9 Å². The van der Waals surface area contributed by atoms with Crippen molar-refractivity contribution in [2.75, 3.05) is 50.0 Å². The number of rotatable bonds is 16. The summed E-state index contributed by atoms with van der Waals surface area (Å²) in [6.07, 6.45) is 4.50. The van der Waals surface area contributed by atoms with Crippen LogP contribution in [0.2, 0.25) is 5.02 Å². The molecule has 6 N–H and O–H groups in total. The van der Waals surface area contributed by atoms with E-state index >= 15 is 4.39 Å². The standard InChI is InChI=1S/C59H72ClFN12O5S/c1-32(35-13-15-36(16-14-35)52-33(2)64-31-79-52)65-55(76)45-24-39(74)29-73(45)56(77)53(58(4,5)6)67-46(75)12-9-10-22-72-23-11-21-59(72,7)30-78-57-68-51-40(54(69-57)71-27-37-17-18-38(28-71)66-37)25-42(60)49(50(51)61)47-34(3)70(8)44-20-19-43(63)41(26-62)48(44)47/h13-16,19-20,25,31-32,37-39,45,53,66,74H,9-12,17-18,21-24,27-30,63H2,1-8H3,(H,65,76)(H,67,75)/t32-,37?,38?,39+,45-,53+,59-/m0/s1. The molecular formula is C59H72ClFN12O5S. The molecule has 0 radical (unpaired) electrons. The van der Waals surface area contributed by atoms with Crippen molar-refractivity contribution in [1.82, 2.24) is 45.3 Å². The Labute approximate surface area is 470 Å². The highest BCUT2D eigenvalue weighted by Crippen LogP contribution is 2.46. The van der Waals surface area contributed by atoms with E-state index in [-0.39, 0.29) is 89.3 Å². The van der Waals surface area contributed by atoms with E-state index in [0.717, 1.165) is 59.4 Å². The number of likely N-dealkylation sites (tertiary alicyclic amines) is 2. The zero-order valence-corrected chi connectivity index (χ0v) is 48.0. The number of nitriles is 1. The van der Waals surface area contributed by atoms with E-state index in [1.54, 1.807) is 23.5 Å². The van der Waals surface area contributed by atoms with E-state index in [4.69, 9.17) is 32.0 Å². The first-order valence-electron chi connectivity index (χ1n) is 27.6. The number of nitrogens with one attached hydrogen (secondary N) is 3. The van der Waals surface area contributed by atoms with Crippen LogP contribution in [0.1, 0.15) is 115 Å². The number of ether oxygens (including phenoxy) is 1. The van der Waals surface area contributed by atoms with Crippen LogP contribution in [-0.2, 0) is 21.4 Å². The molecule has 79 heavy (non-hydrogen) atoms. The SMILES string of the molecule is Cc1ncsc1-c1ccc([C@H](C)NC(=O)[C@@H]2C[C@@H](O)CN2C(=O)[C@@H](NC(=O)CCCCN2CCC[C@@]2(C)COc2nc(N3CC4CCC(C3)N4)c3cc(Cl)c(-c4c(C)n(C)c5ccc(N)c(C#N)c45)c(F)c3n2)C(C)(C)C)cc1. The lowest BCUT2D eigenvalue weighted by Gasteiger charge is -2.36. The van der Waals surface area contributed by atoms with E-state index in [0.29, 0.717) is 60.3 Å². The fraction of sp³-hybridized carbons (Fsp3) is 0.508. The van der Waals surface area contributed by atoms with E-state index in [1.807, 2.05) is 89.0 Å². The molecule has 4 saturated heterocycles. The lowest BCUT2D eigenvalue weighted by Crippen LogP contribution is -2.57. The molecule has 2 unspecified atom stereocenters. The molecule has 0 spiro atoms. The van der Waals surface area contributed by atoms with Crippen molar-refractivity contribution in [2.45, 2.75) is 142 Å². The van der Waals surface area contributed by atoms with Gasteiger partial charge in [-0.05, 0) is 114 Å². The minimum Gasteiger partial charge on any atom is -0.461 e. The fourth-order valence-corrected chi connectivity index (χ4v) is 13.5. The quantitative estimate of drug-likeness (QED) is 0.0454. The molecule has 3 amide bonds. The van der Waals surface area contributed by atoms with Crippen LogP contribution in [0.25, 0.3) is 43.4 Å². The van der Waals surface area contributed by atoms with Gasteiger partial charge in [-0.1, -0.05) is 56.6 Å². The molecule has 20 heteroatoms. The number of nitrogen functional groups attached to an aromatic ring is 1. The lowest BCUT2D eigenvalue weighted by atomic mass is 9.85. The van der Waals surface area contributed by atoms with E-state index in [2.05, 4.69) is 43.7 Å². The number of aryl methyl sites for hydroxylation is 2. The van der Waals surface area contributed by atoms with Gasteiger partial charge in [-0.15, -0.1) is 11.3 Å². The Bertz CT molecular complexity index is 3360. The third-order valence-corrected chi connectivity index (χ3v) is 18.2. The number of nitrogens with zero attached hydrogens (tertiary/aromatic N) is 8. The summed E-state index contributed by atoms with van der Waals surface area (Å²) in [6, 6.07) is 13.8. The molecule has 418 valence electrons. The second kappa shape index (κ2) is 22.2. The Hall–Kier alpha value is -6.43. The highest BCUT2D eigenvalue weighted by atomic mass is 35.5. The summed E-state index contributed by atoms with van der Waals surface area (Å²) in [6.45, 7) is 16.6. The van der Waals surface area contributed by atoms with Crippen LogP contribution in [-0.4, -0.2) is 127 Å². The topological polar surface area (TPSA) is 220 Å². The van der Waals surface area contributed by atoms with Gasteiger partial charge in [0.2, 0.25) is 17.7 Å². The van der Waals surface area contributed by atoms with E-state index in [9.17, 15) is 24.8 Å². The number of anilines is 2. The smallest absolute Gasteiger partial charge is 0.319 e. The summed E-state index contributed by atoms with van der Waals surface area (Å²) in [5, 5.41) is 32.0. The van der Waals surface area contributed by atoms with Crippen molar-refractivity contribution in [3.63, 3.8) is 0 Å². The first kappa shape index (κ1) is 55.9. The third-order valence-electron chi connectivity index (χ3n) is 17.0. The largest absolute Gasteiger partial charge is 0.461 e. The number of aliphatic hydroxyl groups is 1. The van der Waals surface area contributed by atoms with Crippen LogP contribution >= 0.6 is 22.9 Å². The number of β-amino-alcohol motifs (C(OH)–C–C–N with tert-alkyl or cyclic N) is 1. The van der Waals surface area contributed by atoms with Crippen molar-refractivity contribution in [2.24, 2.45) is 12.5 Å². The Morgan fingerprint density at radius 2 is 1.80 bits per heavy atom. The van der Waals surface area contributed by atoms with Crippen LogP contribution in [0.15, 0.2) is 48.0 Å². The summed E-state index contributed by atoms with van der Waals surface area (Å²) in [5.74, 6) is -1.12. The number of hydrogen-bond donors (Lipinski definition) is 5. The molecule has 2 bridgehead atoms. The average Bonchev–Trinajstić information content (AvgIpc) is 4.46. The van der Waals surface area contributed by atoms with Gasteiger partial charge in [0.05, 0.1) is 55.6 Å². The molecule has 4 aliphatic heterocycles. The van der Waals surface area contributed by atoms with Gasteiger partial charge in [0, 0.05) is 79.2 Å². The molecule has 0 saturated carbocycles. The maximum Gasteiger partial charge on any atom is 0.319 e. The number of unbranched alkanes of at least 4 members (excludes halogenated alkanes) is 1. The van der Waals surface area contributed by atoms with Gasteiger partial charge in [-0.25, -0.2) is 9.37 Å². The zero-order chi connectivity index (χ0) is 56.2. The van der Waals surface area contributed by atoms with Crippen molar-refractivity contribution >= 4 is 74.0 Å². The number of thiazole rings is 1. The molecule has 17 nitrogen and oxygen atoms in total. The molecule has 7 atom stereocenters. The van der Waals surface area contributed by atoms with Gasteiger partial charge in [0.15, 0.2) is 5.82 Å². The first-order valence-corrected chi connectivity index (χ1v) is 28.8. The van der Waals surface area contributed by atoms with Gasteiger partial charge in [-0.2, -0.15) is 15.2 Å². The van der Waals surface area contributed by atoms with Crippen LogP contribution < -0.4 is 31.3 Å². The zero-order valence-electron chi connectivity index (χ0n) is 46.4. The number of carbonyl (C=O) groups excluding carboxylic acids is 3. The van der Waals surface area contributed by atoms with Crippen LogP contribution in [0.5, 0.6) is 6.01 Å². The first-order chi connectivity index (χ1) is 37.6. The fourth-order valence-electron chi connectivity index (χ4n) is 12.4. The normalized spacial score (nSPS) is 22.2. The molecule has 4 aliphatic rings. The highest BCUT2D eigenvalue weighted by molar-refractivity contribution is 7.13. The van der Waals surface area contributed by atoms with Crippen molar-refractivity contribution in [3.05, 3.63) is 81.3 Å². The number of carbonyl (C=O) groups is 3. The second-order valence-electron chi connectivity index (χ2n) is 23.6. The van der Waals surface area contributed by atoms with E-state index in [1.165, 1.54) is 4.90 Å². The second-order valence-corrected chi connectivity index (χ2v) is 24.8. The average molecular weight is 1120 g/mol. The van der Waals surface area contributed by atoms with Gasteiger partial charge in [-0.3, -0.25) is 19.3 Å². The van der Waals surface area contributed by atoms with Crippen molar-refractivity contribution in [1.29, 1.82) is 5.26 Å². The third kappa shape index (κ3) is 11.0. The Kier molecular flexibility index (Phi) is 15.7. The summed E-state index contributed by atoms with van der Waals surface area (Å²) in [4.78, 5) is 63.2. The van der Waals surface area contributed by atoms with Gasteiger partial charge >= 0.3 is 6.01 Å². The number of piperazine rings is 1. The Balaban J connectivity index is 0.796. The van der Waals surface area contributed by atoms with Gasteiger partial charge < -0.3 is 45.9 Å². The summed E-state index contributed by atoms with van der Waals surface area (Å²) < 4.78 is 26.1. The molecule has 7 heterocycles.